The summed E-state index contributed by atoms with van der Waals surface area (Å²) in [5.41, 5.74) is -4.92. The van der Waals surface area contributed by atoms with Crippen LogP contribution in [0.25, 0.3) is 0 Å². The highest BCUT2D eigenvalue weighted by Crippen LogP contribution is 2.68. The van der Waals surface area contributed by atoms with Crippen molar-refractivity contribution in [2.45, 2.75) is 47.8 Å². The molecule has 28 heavy (non-hydrogen) atoms. The van der Waals surface area contributed by atoms with Crippen molar-refractivity contribution in [1.82, 2.24) is 0 Å². The lowest BCUT2D eigenvalue weighted by Gasteiger charge is -2.73. The van der Waals surface area contributed by atoms with Gasteiger partial charge in [-0.25, -0.2) is 0 Å². The first-order valence-electron chi connectivity index (χ1n) is 9.08. The van der Waals surface area contributed by atoms with Gasteiger partial charge < -0.3 is 30.6 Å². The van der Waals surface area contributed by atoms with Crippen LogP contribution in [0.2, 0.25) is 5.02 Å². The average molecular weight is 407 g/mol. The van der Waals surface area contributed by atoms with E-state index in [4.69, 9.17) is 11.6 Å². The summed E-state index contributed by atoms with van der Waals surface area (Å²) >= 11 is 5.91. The van der Waals surface area contributed by atoms with E-state index in [1.807, 2.05) is 6.92 Å². The first-order chi connectivity index (χ1) is 13.1. The van der Waals surface area contributed by atoms with Gasteiger partial charge in [-0.15, -0.1) is 0 Å². The fourth-order valence-corrected chi connectivity index (χ4v) is 5.28. The second-order valence-corrected chi connectivity index (χ2v) is 8.45. The molecule has 3 aliphatic rings. The molecule has 7 heteroatoms. The van der Waals surface area contributed by atoms with Gasteiger partial charge in [0.25, 0.3) is 0 Å². The molecule has 3 saturated carbocycles. The van der Waals surface area contributed by atoms with Gasteiger partial charge in [-0.3, -0.25) is 0 Å². The van der Waals surface area contributed by atoms with Crippen LogP contribution in [0.5, 0.6) is 0 Å². The van der Waals surface area contributed by atoms with E-state index < -0.39 is 47.5 Å². The van der Waals surface area contributed by atoms with E-state index in [9.17, 15) is 30.6 Å². The lowest BCUT2D eigenvalue weighted by Crippen LogP contribution is -2.93. The van der Waals surface area contributed by atoms with E-state index in [-0.39, 0.29) is 0 Å². The van der Waals surface area contributed by atoms with Crippen LogP contribution in [0.1, 0.15) is 28.5 Å². The molecule has 0 heterocycles. The van der Waals surface area contributed by atoms with Crippen LogP contribution < -0.4 is 0 Å². The van der Waals surface area contributed by atoms with Crippen molar-refractivity contribution < 1.29 is 30.6 Å². The summed E-state index contributed by atoms with van der Waals surface area (Å²) in [6.45, 7) is 0.953. The first kappa shape index (κ1) is 19.8. The Kier molecular flexibility index (Phi) is 4.41. The number of hydrogen-bond acceptors (Lipinski definition) is 6. The molecule has 6 N–H and O–H groups in total. The molecular formula is C21H23ClO6. The topological polar surface area (TPSA) is 121 Å². The van der Waals surface area contributed by atoms with E-state index in [2.05, 4.69) is 0 Å². The highest BCUT2D eigenvalue weighted by Gasteiger charge is 2.86. The number of fused-ring (bicyclic) bond motifs is 2. The van der Waals surface area contributed by atoms with Gasteiger partial charge in [0.1, 0.15) is 22.9 Å². The number of aliphatic hydroxyl groups is 6. The normalized spacial score (nSPS) is 42.1. The summed E-state index contributed by atoms with van der Waals surface area (Å²) in [6, 6.07) is 13.0. The van der Waals surface area contributed by atoms with Crippen LogP contribution in [0.4, 0.5) is 0 Å². The van der Waals surface area contributed by atoms with E-state index in [0.29, 0.717) is 16.1 Å². The van der Waals surface area contributed by atoms with Crippen molar-refractivity contribution >= 4 is 11.6 Å². The summed E-state index contributed by atoms with van der Waals surface area (Å²) in [4.78, 5) is 0. The number of hydrogen-bond donors (Lipinski definition) is 6. The van der Waals surface area contributed by atoms with Gasteiger partial charge in [0.15, 0.2) is 0 Å². The van der Waals surface area contributed by atoms with Crippen LogP contribution in [0.3, 0.4) is 0 Å². The second kappa shape index (κ2) is 6.24. The third kappa shape index (κ3) is 2.19. The maximum absolute atomic E-state index is 11.4. The Bertz CT molecular complexity index is 835. The van der Waals surface area contributed by atoms with Crippen molar-refractivity contribution in [1.29, 1.82) is 0 Å². The van der Waals surface area contributed by atoms with Gasteiger partial charge in [0.05, 0.1) is 18.6 Å². The standard InChI is InChI=1S/C21H23ClO6/c1-11-2-4-12(5-3-11)15-17(24)20(27)16(13-6-8-14(22)9-7-13)21(28,18(20)25)19(15,26)10-23/h2-9,15-18,23-28H,10H2,1H3/t15?,16?,17?,18-,19+,20+,21+/m1/s1. The second-order valence-electron chi connectivity index (χ2n) is 8.02. The molecule has 2 bridgehead atoms. The van der Waals surface area contributed by atoms with Crippen LogP contribution >= 0.6 is 11.6 Å². The lowest BCUT2D eigenvalue weighted by atomic mass is 9.38. The van der Waals surface area contributed by atoms with Gasteiger partial charge in [-0.05, 0) is 30.2 Å². The van der Waals surface area contributed by atoms with Crippen molar-refractivity contribution in [2.24, 2.45) is 0 Å². The summed E-state index contributed by atoms with van der Waals surface area (Å²) in [5, 5.41) is 66.3. The number of benzene rings is 2. The monoisotopic (exact) mass is 406 g/mol. The van der Waals surface area contributed by atoms with Crippen molar-refractivity contribution in [3.63, 3.8) is 0 Å². The van der Waals surface area contributed by atoms with Crippen molar-refractivity contribution in [2.75, 3.05) is 6.61 Å². The zero-order chi connectivity index (χ0) is 20.5. The third-order valence-corrected chi connectivity index (χ3v) is 6.89. The van der Waals surface area contributed by atoms with Crippen molar-refractivity contribution in [3.05, 3.63) is 70.2 Å². The Hall–Kier alpha value is -1.51. The van der Waals surface area contributed by atoms with Crippen molar-refractivity contribution in [3.8, 4) is 0 Å². The predicted octanol–water partition coefficient (Wildman–Crippen LogP) is 0.450. The zero-order valence-corrected chi connectivity index (χ0v) is 16.0. The number of halogens is 1. The third-order valence-electron chi connectivity index (χ3n) is 6.64. The molecule has 3 aliphatic carbocycles. The maximum atomic E-state index is 11.4. The summed E-state index contributed by atoms with van der Waals surface area (Å²) in [7, 11) is 0. The van der Waals surface area contributed by atoms with Gasteiger partial charge in [-0.1, -0.05) is 53.6 Å². The molecule has 0 amide bonds. The smallest absolute Gasteiger partial charge is 0.135 e. The minimum atomic E-state index is -2.30. The van der Waals surface area contributed by atoms with E-state index >= 15 is 0 Å². The molecule has 0 spiro atoms. The molecule has 2 aromatic carbocycles. The molecule has 3 fully saturated rings. The van der Waals surface area contributed by atoms with Crippen LogP contribution in [0, 0.1) is 6.92 Å². The molecule has 150 valence electrons. The molecule has 3 unspecified atom stereocenters. The molecule has 0 saturated heterocycles. The zero-order valence-electron chi connectivity index (χ0n) is 15.2. The molecular weight excluding hydrogens is 384 g/mol. The maximum Gasteiger partial charge on any atom is 0.135 e. The predicted molar refractivity (Wildman–Crippen MR) is 102 cm³/mol. The van der Waals surface area contributed by atoms with E-state index in [1.54, 1.807) is 48.5 Å². The summed E-state index contributed by atoms with van der Waals surface area (Å²) in [6.07, 6.45) is -3.49. The average Bonchev–Trinajstić information content (AvgIpc) is 2.69. The Morgan fingerprint density at radius 1 is 0.893 bits per heavy atom. The molecule has 5 rings (SSSR count). The Morgan fingerprint density at radius 3 is 1.96 bits per heavy atom. The Morgan fingerprint density at radius 2 is 1.43 bits per heavy atom. The molecule has 6 nitrogen and oxygen atoms in total. The summed E-state index contributed by atoms with van der Waals surface area (Å²) in [5.74, 6) is -2.43. The van der Waals surface area contributed by atoms with Gasteiger partial charge >= 0.3 is 0 Å². The van der Waals surface area contributed by atoms with Crippen LogP contribution in [0.15, 0.2) is 48.5 Å². The SMILES string of the molecule is Cc1ccc(C2C(O)[C@@]3(O)C(c4ccc(Cl)cc4)[C@](O)([C@@H]3O)[C@]2(O)CO)cc1. The fraction of sp³-hybridized carbons (Fsp3) is 0.429. The molecule has 7 atom stereocenters. The van der Waals surface area contributed by atoms with E-state index in [1.165, 1.54) is 0 Å². The summed E-state index contributed by atoms with van der Waals surface area (Å²) < 4.78 is 0. The van der Waals surface area contributed by atoms with Crippen LogP contribution in [-0.2, 0) is 0 Å². The van der Waals surface area contributed by atoms with E-state index in [0.717, 1.165) is 5.56 Å². The van der Waals surface area contributed by atoms with Gasteiger partial charge in [0, 0.05) is 10.9 Å². The largest absolute Gasteiger partial charge is 0.393 e. The molecule has 2 aromatic rings. The molecule has 0 aromatic heterocycles. The minimum absolute atomic E-state index is 0.382. The highest BCUT2D eigenvalue weighted by molar-refractivity contribution is 6.30. The highest BCUT2D eigenvalue weighted by atomic mass is 35.5. The quantitative estimate of drug-likeness (QED) is 0.440. The lowest BCUT2D eigenvalue weighted by molar-refractivity contribution is -0.410. The fourth-order valence-electron chi connectivity index (χ4n) is 5.15. The Balaban J connectivity index is 1.89. The van der Waals surface area contributed by atoms with Gasteiger partial charge in [-0.2, -0.15) is 0 Å². The molecule has 0 radical (unpaired) electrons. The first-order valence-corrected chi connectivity index (χ1v) is 9.46. The number of aryl methyl sites for hydroxylation is 1. The number of rotatable bonds is 3. The number of aliphatic hydroxyl groups excluding tert-OH is 3. The Labute approximate surface area is 167 Å². The van der Waals surface area contributed by atoms with Gasteiger partial charge in [0.2, 0.25) is 0 Å². The van der Waals surface area contributed by atoms with Crippen LogP contribution in [-0.4, -0.2) is 66.3 Å². The minimum Gasteiger partial charge on any atom is -0.393 e. The molecule has 0 aliphatic heterocycles.